The molecule has 2 rings (SSSR count). The Kier molecular flexibility index (Phi) is 5.88. The van der Waals surface area contributed by atoms with Crippen molar-refractivity contribution in [3.05, 3.63) is 34.3 Å². The maximum Gasteiger partial charge on any atom is 0.148 e. The summed E-state index contributed by atoms with van der Waals surface area (Å²) in [6.07, 6.45) is 2.88. The lowest BCUT2D eigenvalue weighted by atomic mass is 9.82. The molecule has 4 nitrogen and oxygen atoms in total. The van der Waals surface area contributed by atoms with Gasteiger partial charge >= 0.3 is 0 Å². The fourth-order valence-electron chi connectivity index (χ4n) is 3.05. The van der Waals surface area contributed by atoms with Crippen LogP contribution < -0.4 is 5.32 Å². The molecule has 1 aliphatic rings. The van der Waals surface area contributed by atoms with Crippen LogP contribution in [-0.2, 0) is 21.1 Å². The smallest absolute Gasteiger partial charge is 0.148 e. The molecule has 1 heterocycles. The second kappa shape index (κ2) is 7.30. The summed E-state index contributed by atoms with van der Waals surface area (Å²) in [7, 11) is -3.00. The molecular formula is C16H24ClNO3S. The maximum absolute atomic E-state index is 11.7. The van der Waals surface area contributed by atoms with Gasteiger partial charge in [0.1, 0.15) is 9.84 Å². The predicted octanol–water partition coefficient (Wildman–Crippen LogP) is 2.58. The van der Waals surface area contributed by atoms with E-state index >= 15 is 0 Å². The van der Waals surface area contributed by atoms with Gasteiger partial charge in [0.05, 0.1) is 5.75 Å². The van der Waals surface area contributed by atoms with E-state index in [1.165, 1.54) is 11.8 Å². The van der Waals surface area contributed by atoms with Crippen molar-refractivity contribution in [2.24, 2.45) is 5.41 Å². The van der Waals surface area contributed by atoms with Crippen molar-refractivity contribution in [2.75, 3.05) is 31.8 Å². The van der Waals surface area contributed by atoms with Crippen LogP contribution >= 0.6 is 11.6 Å². The molecule has 1 aromatic rings. The number of halogens is 1. The third-order valence-corrected chi connectivity index (χ3v) is 5.61. The highest BCUT2D eigenvalue weighted by Gasteiger charge is 2.35. The van der Waals surface area contributed by atoms with Gasteiger partial charge in [-0.05, 0) is 43.0 Å². The van der Waals surface area contributed by atoms with Crippen molar-refractivity contribution in [2.45, 2.75) is 26.3 Å². The van der Waals surface area contributed by atoms with Crippen molar-refractivity contribution in [3.63, 3.8) is 0 Å². The molecule has 0 radical (unpaired) electrons. The number of nitrogens with one attached hydrogen (secondary N) is 1. The summed E-state index contributed by atoms with van der Waals surface area (Å²) in [6, 6.07) is 5.84. The lowest BCUT2D eigenvalue weighted by Crippen LogP contribution is -2.43. The summed E-state index contributed by atoms with van der Waals surface area (Å²) in [6.45, 7) is 4.71. The average molecular weight is 346 g/mol. The minimum absolute atomic E-state index is 0.216. The number of hydrogen-bond donors (Lipinski definition) is 1. The molecule has 1 aliphatic heterocycles. The van der Waals surface area contributed by atoms with Gasteiger partial charge in [-0.15, -0.1) is 0 Å². The number of benzene rings is 1. The number of sulfone groups is 1. The molecular weight excluding hydrogens is 322 g/mol. The van der Waals surface area contributed by atoms with E-state index in [2.05, 4.69) is 5.32 Å². The Morgan fingerprint density at radius 3 is 2.59 bits per heavy atom. The fraction of sp³-hybridized carbons (Fsp3) is 0.625. The van der Waals surface area contributed by atoms with E-state index in [-0.39, 0.29) is 11.2 Å². The summed E-state index contributed by atoms with van der Waals surface area (Å²) in [4.78, 5) is 0. The Hall–Kier alpha value is -0.620. The highest BCUT2D eigenvalue weighted by atomic mass is 35.5. The molecule has 1 saturated heterocycles. The van der Waals surface area contributed by atoms with E-state index in [0.717, 1.165) is 30.0 Å². The first-order valence-corrected chi connectivity index (χ1v) is 9.95. The first-order valence-electron chi connectivity index (χ1n) is 7.51. The van der Waals surface area contributed by atoms with Crippen molar-refractivity contribution in [3.8, 4) is 0 Å². The number of hydrogen-bond acceptors (Lipinski definition) is 4. The highest BCUT2D eigenvalue weighted by molar-refractivity contribution is 7.90. The van der Waals surface area contributed by atoms with Gasteiger partial charge in [0, 0.05) is 43.0 Å². The molecule has 22 heavy (non-hydrogen) atoms. The molecule has 124 valence electrons. The molecule has 6 heteroatoms. The van der Waals surface area contributed by atoms with E-state index in [1.54, 1.807) is 0 Å². The minimum atomic E-state index is -3.00. The standard InChI is InChI=1S/C16H24ClNO3S/c1-13-9-15(17)4-3-14(13)10-18-11-16(12-22(2,19)20)5-7-21-8-6-16/h3-4,9,18H,5-8,10-12H2,1-2H3. The van der Waals surface area contributed by atoms with Crippen LogP contribution in [0.1, 0.15) is 24.0 Å². The van der Waals surface area contributed by atoms with Crippen LogP contribution in [0, 0.1) is 12.3 Å². The lowest BCUT2D eigenvalue weighted by molar-refractivity contribution is 0.0256. The average Bonchev–Trinajstić information content (AvgIpc) is 2.40. The Balaban J connectivity index is 1.99. The van der Waals surface area contributed by atoms with Gasteiger partial charge in [-0.2, -0.15) is 0 Å². The monoisotopic (exact) mass is 345 g/mol. The second-order valence-corrected chi connectivity index (χ2v) is 8.93. The molecule has 0 bridgehead atoms. The van der Waals surface area contributed by atoms with Crippen molar-refractivity contribution in [1.82, 2.24) is 5.32 Å². The molecule has 0 atom stereocenters. The minimum Gasteiger partial charge on any atom is -0.381 e. The van der Waals surface area contributed by atoms with E-state index in [1.807, 2.05) is 25.1 Å². The quantitative estimate of drug-likeness (QED) is 0.861. The van der Waals surface area contributed by atoms with Crippen LogP contribution in [0.3, 0.4) is 0 Å². The van der Waals surface area contributed by atoms with Crippen LogP contribution in [0.4, 0.5) is 0 Å². The van der Waals surface area contributed by atoms with E-state index in [4.69, 9.17) is 16.3 Å². The van der Waals surface area contributed by atoms with Gasteiger partial charge in [0.2, 0.25) is 0 Å². The third-order valence-electron chi connectivity index (χ3n) is 4.24. The summed E-state index contributed by atoms with van der Waals surface area (Å²) >= 11 is 5.97. The zero-order chi connectivity index (χ0) is 16.2. The number of aryl methyl sites for hydroxylation is 1. The highest BCUT2D eigenvalue weighted by Crippen LogP contribution is 2.31. The van der Waals surface area contributed by atoms with Crippen molar-refractivity contribution >= 4 is 21.4 Å². The van der Waals surface area contributed by atoms with Gasteiger partial charge in [0.25, 0.3) is 0 Å². The topological polar surface area (TPSA) is 55.4 Å². The van der Waals surface area contributed by atoms with Gasteiger partial charge < -0.3 is 10.1 Å². The van der Waals surface area contributed by atoms with Crippen molar-refractivity contribution in [1.29, 1.82) is 0 Å². The SMILES string of the molecule is Cc1cc(Cl)ccc1CNCC1(CS(C)(=O)=O)CCOCC1. The van der Waals surface area contributed by atoms with Gasteiger partial charge in [-0.25, -0.2) is 8.42 Å². The van der Waals surface area contributed by atoms with Gasteiger partial charge in [-0.3, -0.25) is 0 Å². The summed E-state index contributed by atoms with van der Waals surface area (Å²) in [5, 5.41) is 4.17. The lowest BCUT2D eigenvalue weighted by Gasteiger charge is -2.36. The molecule has 1 fully saturated rings. The molecule has 0 aromatic heterocycles. The molecule has 0 amide bonds. The normalized spacial score (nSPS) is 18.3. The fourth-order valence-corrected chi connectivity index (χ4v) is 4.78. The Bertz CT molecular complexity index is 610. The van der Waals surface area contributed by atoms with E-state index < -0.39 is 9.84 Å². The Labute approximate surface area is 138 Å². The molecule has 0 saturated carbocycles. The zero-order valence-corrected chi connectivity index (χ0v) is 14.8. The molecule has 1 aromatic carbocycles. The number of ether oxygens (including phenoxy) is 1. The third kappa shape index (κ3) is 5.23. The van der Waals surface area contributed by atoms with Gasteiger partial charge in [-0.1, -0.05) is 17.7 Å². The van der Waals surface area contributed by atoms with E-state index in [9.17, 15) is 8.42 Å². The van der Waals surface area contributed by atoms with E-state index in [0.29, 0.717) is 19.8 Å². The largest absolute Gasteiger partial charge is 0.381 e. The first kappa shape index (κ1) is 17.7. The molecule has 1 N–H and O–H groups in total. The van der Waals surface area contributed by atoms with Crippen LogP contribution in [0.15, 0.2) is 18.2 Å². The molecule has 0 unspecified atom stereocenters. The first-order chi connectivity index (χ1) is 10.3. The van der Waals surface area contributed by atoms with Crippen molar-refractivity contribution < 1.29 is 13.2 Å². The maximum atomic E-state index is 11.7. The van der Waals surface area contributed by atoms with Crippen LogP contribution in [-0.4, -0.2) is 40.2 Å². The summed E-state index contributed by atoms with van der Waals surface area (Å²) in [5.41, 5.74) is 2.11. The Morgan fingerprint density at radius 2 is 2.00 bits per heavy atom. The summed E-state index contributed by atoms with van der Waals surface area (Å²) in [5.74, 6) is 0.218. The zero-order valence-electron chi connectivity index (χ0n) is 13.2. The molecule has 0 spiro atoms. The van der Waals surface area contributed by atoms with Crippen LogP contribution in [0.2, 0.25) is 5.02 Å². The summed E-state index contributed by atoms with van der Waals surface area (Å²) < 4.78 is 28.9. The number of rotatable bonds is 6. The van der Waals surface area contributed by atoms with Crippen LogP contribution in [0.5, 0.6) is 0 Å². The predicted molar refractivity (Wildman–Crippen MR) is 90.1 cm³/mol. The molecule has 0 aliphatic carbocycles. The Morgan fingerprint density at radius 1 is 1.32 bits per heavy atom. The van der Waals surface area contributed by atoms with Gasteiger partial charge in [0.15, 0.2) is 0 Å². The second-order valence-electron chi connectivity index (χ2n) is 6.36. The van der Waals surface area contributed by atoms with Crippen LogP contribution in [0.25, 0.3) is 0 Å².